The third-order valence-corrected chi connectivity index (χ3v) is 14.3. The molecule has 0 spiro atoms. The fraction of sp³-hybridized carbons (Fsp3) is 0.558. The second kappa shape index (κ2) is 24.8. The standard InChI is InChI=1S/C43H59F3N6O9P2/c1-7-50(8-2)36-18-15-33-27-34(41(54)60-39(33)28-36)16-17-35-19-20-37(63(56,57-6)59-26-14-12-24-49-42(55)43(44,45)46)29-51(35)30-40(53)48-23-11-9-10-13-25-58-62-52(31(3)4)32(5)38(61-62)21-22-47/h15-20,27-29,31-32,38H,7-14,21,23-26,30H2,1-6H3,(H-,48,49,53,55)/p+1. The molecule has 2 aromatic heterocycles. The number of nitriles is 1. The normalized spacial score (nSPS) is 17.9. The highest BCUT2D eigenvalue weighted by Gasteiger charge is 2.43. The summed E-state index contributed by atoms with van der Waals surface area (Å²) in [6.07, 6.45) is 3.36. The van der Waals surface area contributed by atoms with E-state index >= 15 is 0 Å². The highest BCUT2D eigenvalue weighted by Crippen LogP contribution is 2.54. The zero-order valence-electron chi connectivity index (χ0n) is 36.8. The van der Waals surface area contributed by atoms with Gasteiger partial charge in [-0.15, -0.1) is 0 Å². The van der Waals surface area contributed by atoms with E-state index in [2.05, 4.69) is 41.7 Å². The van der Waals surface area contributed by atoms with Crippen LogP contribution in [0, 0.1) is 11.3 Å². The quantitative estimate of drug-likeness (QED) is 0.0374. The van der Waals surface area contributed by atoms with Gasteiger partial charge in [-0.1, -0.05) is 12.8 Å². The smallest absolute Gasteiger partial charge is 0.422 e. The number of hydrogen-bond donors (Lipinski definition) is 2. The number of carbonyl (C=O) groups is 2. The summed E-state index contributed by atoms with van der Waals surface area (Å²) in [4.78, 5) is 39.7. The van der Waals surface area contributed by atoms with Crippen LogP contribution in [-0.4, -0.2) is 87.4 Å². The van der Waals surface area contributed by atoms with Crippen LogP contribution in [0.1, 0.15) is 90.8 Å². The number of halogens is 3. The molecule has 3 aromatic rings. The molecule has 1 aliphatic heterocycles. The van der Waals surface area contributed by atoms with E-state index in [-0.39, 0.29) is 67.5 Å². The Labute approximate surface area is 368 Å². The second-order valence-electron chi connectivity index (χ2n) is 15.2. The molecule has 2 amide bonds. The van der Waals surface area contributed by atoms with E-state index in [1.54, 1.807) is 34.2 Å². The fourth-order valence-corrected chi connectivity index (χ4v) is 10.2. The largest absolute Gasteiger partial charge is 0.471 e. The first-order valence-electron chi connectivity index (χ1n) is 21.3. The van der Waals surface area contributed by atoms with Gasteiger partial charge in [0.1, 0.15) is 10.9 Å². The van der Waals surface area contributed by atoms with Gasteiger partial charge in [0, 0.05) is 74.7 Å². The Kier molecular flexibility index (Phi) is 20.2. The Hall–Kier alpha value is -4.20. The van der Waals surface area contributed by atoms with Gasteiger partial charge in [-0.05, 0) is 90.6 Å². The maximum absolute atomic E-state index is 13.9. The van der Waals surface area contributed by atoms with Gasteiger partial charge >= 0.3 is 25.3 Å². The second-order valence-corrected chi connectivity index (χ2v) is 18.7. The van der Waals surface area contributed by atoms with E-state index in [0.29, 0.717) is 37.3 Å². The molecule has 63 heavy (non-hydrogen) atoms. The summed E-state index contributed by atoms with van der Waals surface area (Å²) >= 11 is 0. The molecule has 20 heteroatoms. The van der Waals surface area contributed by atoms with Crippen molar-refractivity contribution in [1.82, 2.24) is 15.3 Å². The van der Waals surface area contributed by atoms with E-state index < -0.39 is 33.8 Å². The van der Waals surface area contributed by atoms with Crippen molar-refractivity contribution >= 4 is 62.0 Å². The number of nitrogens with zero attached hydrogens (tertiary/aromatic N) is 4. The molecule has 2 N–H and O–H groups in total. The number of pyridine rings is 1. The summed E-state index contributed by atoms with van der Waals surface area (Å²) in [6.45, 7) is 12.2. The van der Waals surface area contributed by atoms with Gasteiger partial charge < -0.3 is 38.0 Å². The molecule has 4 atom stereocenters. The predicted molar refractivity (Wildman–Crippen MR) is 236 cm³/mol. The molecule has 0 saturated carbocycles. The maximum Gasteiger partial charge on any atom is 0.471 e. The van der Waals surface area contributed by atoms with E-state index in [4.69, 9.17) is 27.8 Å². The lowest BCUT2D eigenvalue weighted by atomic mass is 10.1. The monoisotopic (exact) mass is 923 g/mol. The number of carbonyl (C=O) groups excluding carboxylic acids is 2. The molecule has 0 radical (unpaired) electrons. The molecule has 1 aliphatic rings. The van der Waals surface area contributed by atoms with Crippen LogP contribution >= 0.6 is 16.1 Å². The molecule has 1 fully saturated rings. The molecule has 0 aliphatic carbocycles. The van der Waals surface area contributed by atoms with Crippen LogP contribution in [0.2, 0.25) is 0 Å². The first-order valence-corrected chi connectivity index (χ1v) is 23.9. The van der Waals surface area contributed by atoms with Crippen molar-refractivity contribution in [3.05, 3.63) is 64.3 Å². The third-order valence-electron chi connectivity index (χ3n) is 10.4. The maximum atomic E-state index is 13.9. The molecule has 4 rings (SSSR count). The summed E-state index contributed by atoms with van der Waals surface area (Å²) in [5, 5.41) is 14.7. The number of amides is 2. The summed E-state index contributed by atoms with van der Waals surface area (Å²) < 4.78 is 83.9. The van der Waals surface area contributed by atoms with Crippen molar-refractivity contribution in [1.29, 1.82) is 5.26 Å². The fourth-order valence-electron chi connectivity index (χ4n) is 6.93. The van der Waals surface area contributed by atoms with E-state index in [9.17, 15) is 32.1 Å². The average molecular weight is 924 g/mol. The van der Waals surface area contributed by atoms with Gasteiger partial charge in [0.25, 0.3) is 14.4 Å². The molecule has 346 valence electrons. The number of benzene rings is 1. The van der Waals surface area contributed by atoms with Gasteiger partial charge in [-0.25, -0.2) is 9.46 Å². The van der Waals surface area contributed by atoms with Gasteiger partial charge in [0.15, 0.2) is 6.20 Å². The topological polar surface area (TPSA) is 177 Å². The molecule has 15 nitrogen and oxygen atoms in total. The highest BCUT2D eigenvalue weighted by molar-refractivity contribution is 7.62. The number of alkyl halides is 3. The van der Waals surface area contributed by atoms with E-state index in [1.807, 2.05) is 32.0 Å². The lowest BCUT2D eigenvalue weighted by molar-refractivity contribution is -0.685. The Morgan fingerprint density at radius 1 is 1.03 bits per heavy atom. The van der Waals surface area contributed by atoms with Gasteiger partial charge in [0.2, 0.25) is 12.2 Å². The van der Waals surface area contributed by atoms with Crippen molar-refractivity contribution in [2.75, 3.05) is 51.4 Å². The number of anilines is 1. The van der Waals surface area contributed by atoms with Crippen LogP contribution in [0.3, 0.4) is 0 Å². The minimum absolute atomic E-state index is 0.0974. The molecule has 4 unspecified atom stereocenters. The molecular formula is C43H60F3N6O9P2+. The van der Waals surface area contributed by atoms with Crippen LogP contribution in [0.4, 0.5) is 18.9 Å². The van der Waals surface area contributed by atoms with Gasteiger partial charge in [-0.3, -0.25) is 14.2 Å². The summed E-state index contributed by atoms with van der Waals surface area (Å²) in [6, 6.07) is 13.0. The lowest BCUT2D eigenvalue weighted by Crippen LogP contribution is -2.46. The van der Waals surface area contributed by atoms with Crippen LogP contribution < -0.4 is 31.0 Å². The van der Waals surface area contributed by atoms with Gasteiger partial charge in [-0.2, -0.15) is 23.0 Å². The molecular weight excluding hydrogens is 863 g/mol. The van der Waals surface area contributed by atoms with Crippen molar-refractivity contribution in [2.24, 2.45) is 0 Å². The molecule has 3 heterocycles. The van der Waals surface area contributed by atoms with E-state index in [0.717, 1.165) is 43.4 Å². The number of nitrogens with one attached hydrogen (secondary N) is 2. The minimum atomic E-state index is -4.99. The Balaban J connectivity index is 1.41. The predicted octanol–water partition coefficient (Wildman–Crippen LogP) is 7.37. The summed E-state index contributed by atoms with van der Waals surface area (Å²) in [5.74, 6) is -2.37. The van der Waals surface area contributed by atoms with E-state index in [1.165, 1.54) is 19.4 Å². The zero-order valence-corrected chi connectivity index (χ0v) is 38.6. The first-order chi connectivity index (χ1) is 30.0. The number of fused-ring (bicyclic) bond motifs is 1. The number of rotatable bonds is 25. The molecule has 1 saturated heterocycles. The SMILES string of the molecule is CCN(CC)c1ccc2cc(/C=C/c3ccc(P(=O)(OC)OCCCCNC(=O)C(F)(F)F)c[n+]3CC(=O)NCCCCCCOP3OC(CC#N)C(C)N3C(C)C)c(=O)oc2c1. The van der Waals surface area contributed by atoms with Crippen LogP contribution in [0.5, 0.6) is 0 Å². The number of aromatic nitrogens is 1. The summed E-state index contributed by atoms with van der Waals surface area (Å²) in [5.41, 5.74) is 1.58. The number of hydrogen-bond acceptors (Lipinski definition) is 12. The minimum Gasteiger partial charge on any atom is -0.422 e. The Morgan fingerprint density at radius 2 is 1.73 bits per heavy atom. The first kappa shape index (κ1) is 51.4. The van der Waals surface area contributed by atoms with Gasteiger partial charge in [0.05, 0.1) is 37.4 Å². The van der Waals surface area contributed by atoms with Crippen LogP contribution in [0.15, 0.2) is 51.8 Å². The van der Waals surface area contributed by atoms with Crippen molar-refractivity contribution in [2.45, 2.75) is 110 Å². The summed E-state index contributed by atoms with van der Waals surface area (Å²) in [7, 11) is -4.01. The average Bonchev–Trinajstić information content (AvgIpc) is 3.56. The molecule has 0 bridgehead atoms. The van der Waals surface area contributed by atoms with Crippen molar-refractivity contribution in [3.63, 3.8) is 0 Å². The highest BCUT2D eigenvalue weighted by atomic mass is 31.2. The Morgan fingerprint density at radius 3 is 2.41 bits per heavy atom. The van der Waals surface area contributed by atoms with Crippen LogP contribution in [-0.2, 0) is 38.8 Å². The van der Waals surface area contributed by atoms with Crippen molar-refractivity contribution in [3.8, 4) is 6.07 Å². The van der Waals surface area contributed by atoms with Crippen LogP contribution in [0.25, 0.3) is 23.1 Å². The zero-order chi connectivity index (χ0) is 46.2. The third kappa shape index (κ3) is 14.9. The Bertz CT molecular complexity index is 2160. The number of unbranched alkanes of at least 4 members (excludes halogenated alkanes) is 4. The van der Waals surface area contributed by atoms with Crippen molar-refractivity contribution < 1.29 is 54.4 Å². The molecule has 1 aromatic carbocycles. The lowest BCUT2D eigenvalue weighted by Gasteiger charge is -2.28.